The lowest BCUT2D eigenvalue weighted by molar-refractivity contribution is -0.137. The van der Waals surface area contributed by atoms with E-state index < -0.39 is 21.6 Å². The van der Waals surface area contributed by atoms with Crippen molar-refractivity contribution in [1.29, 1.82) is 0 Å². The fraction of sp³-hybridized carbons (Fsp3) is 0.385. The largest absolute Gasteiger partial charge is 0.416 e. The minimum absolute atomic E-state index is 0.0129. The van der Waals surface area contributed by atoms with Gasteiger partial charge in [-0.3, -0.25) is 0 Å². The van der Waals surface area contributed by atoms with Gasteiger partial charge in [0.15, 0.2) is 9.84 Å². The molecule has 0 aromatic heterocycles. The van der Waals surface area contributed by atoms with Crippen molar-refractivity contribution in [2.45, 2.75) is 25.9 Å². The van der Waals surface area contributed by atoms with Gasteiger partial charge in [-0.25, -0.2) is 8.42 Å². The topological polar surface area (TPSA) is 34.1 Å². The minimum Gasteiger partial charge on any atom is -0.224 e. The first kappa shape index (κ1) is 15.8. The van der Waals surface area contributed by atoms with Gasteiger partial charge in [0.25, 0.3) is 0 Å². The van der Waals surface area contributed by atoms with Gasteiger partial charge in [0.05, 0.1) is 11.3 Å². The molecule has 1 aromatic rings. The highest BCUT2D eigenvalue weighted by atomic mass is 32.2. The smallest absolute Gasteiger partial charge is 0.224 e. The minimum atomic E-state index is -4.43. The van der Waals surface area contributed by atoms with Crippen LogP contribution in [0.1, 0.15) is 30.9 Å². The number of alkyl halides is 3. The van der Waals surface area contributed by atoms with E-state index in [4.69, 9.17) is 0 Å². The standard InChI is InChI=1S/C13H15F3O2S/c1-2-3-8-19(17,18)9-7-11-5-4-6-12(10-11)13(14,15)16/h4-7,9-10H,2-3,8H2,1H3. The Morgan fingerprint density at radius 1 is 1.26 bits per heavy atom. The molecule has 0 saturated heterocycles. The second-order valence-electron chi connectivity index (χ2n) is 4.15. The third-order valence-corrected chi connectivity index (χ3v) is 3.87. The molecule has 0 heterocycles. The molecule has 0 aliphatic heterocycles. The molecule has 0 saturated carbocycles. The molecule has 0 spiro atoms. The van der Waals surface area contributed by atoms with Gasteiger partial charge in [0.2, 0.25) is 0 Å². The normalized spacial score (nSPS) is 13.1. The maximum atomic E-state index is 12.5. The van der Waals surface area contributed by atoms with Gasteiger partial charge in [-0.2, -0.15) is 13.2 Å². The molecule has 0 N–H and O–H groups in total. The van der Waals surface area contributed by atoms with Gasteiger partial charge >= 0.3 is 6.18 Å². The van der Waals surface area contributed by atoms with E-state index in [0.717, 1.165) is 24.0 Å². The summed E-state index contributed by atoms with van der Waals surface area (Å²) in [6, 6.07) is 4.55. The number of unbranched alkanes of at least 4 members (excludes halogenated alkanes) is 1. The predicted molar refractivity (Wildman–Crippen MR) is 69.2 cm³/mol. The fourth-order valence-electron chi connectivity index (χ4n) is 1.41. The molecule has 19 heavy (non-hydrogen) atoms. The first-order chi connectivity index (χ1) is 8.74. The Kier molecular flexibility index (Phi) is 5.17. The molecule has 0 bridgehead atoms. The summed E-state index contributed by atoms with van der Waals surface area (Å²) in [6.45, 7) is 1.87. The zero-order valence-corrected chi connectivity index (χ0v) is 11.3. The Bertz CT molecular complexity index is 545. The highest BCUT2D eigenvalue weighted by Gasteiger charge is 2.30. The molecule has 0 amide bonds. The van der Waals surface area contributed by atoms with Crippen LogP contribution >= 0.6 is 0 Å². The zero-order chi connectivity index (χ0) is 14.5. The van der Waals surface area contributed by atoms with Crippen LogP contribution in [-0.4, -0.2) is 14.2 Å². The molecular weight excluding hydrogens is 277 g/mol. The van der Waals surface area contributed by atoms with Gasteiger partial charge in [0, 0.05) is 5.41 Å². The van der Waals surface area contributed by atoms with E-state index in [1.54, 1.807) is 0 Å². The number of halogens is 3. The van der Waals surface area contributed by atoms with Crippen molar-refractivity contribution in [2.24, 2.45) is 0 Å². The molecule has 1 aromatic carbocycles. The monoisotopic (exact) mass is 292 g/mol. The molecule has 106 valence electrons. The van der Waals surface area contributed by atoms with E-state index in [1.807, 2.05) is 6.92 Å². The van der Waals surface area contributed by atoms with Crippen LogP contribution in [0.5, 0.6) is 0 Å². The summed E-state index contributed by atoms with van der Waals surface area (Å²) < 4.78 is 60.5. The first-order valence-electron chi connectivity index (χ1n) is 5.83. The summed E-state index contributed by atoms with van der Waals surface area (Å²) in [6.07, 6.45) is -1.95. The van der Waals surface area contributed by atoms with E-state index in [1.165, 1.54) is 18.2 Å². The van der Waals surface area contributed by atoms with Crippen molar-refractivity contribution in [2.75, 3.05) is 5.75 Å². The Morgan fingerprint density at radius 3 is 2.53 bits per heavy atom. The highest BCUT2D eigenvalue weighted by molar-refractivity contribution is 7.94. The summed E-state index contributed by atoms with van der Waals surface area (Å²) in [5.41, 5.74) is -0.574. The van der Waals surface area contributed by atoms with Gasteiger partial charge in [-0.15, -0.1) is 0 Å². The van der Waals surface area contributed by atoms with Crippen molar-refractivity contribution in [3.8, 4) is 0 Å². The van der Waals surface area contributed by atoms with Crippen molar-refractivity contribution in [3.63, 3.8) is 0 Å². The van der Waals surface area contributed by atoms with Crippen LogP contribution in [0.25, 0.3) is 6.08 Å². The van der Waals surface area contributed by atoms with Crippen LogP contribution in [0.15, 0.2) is 29.7 Å². The average Bonchev–Trinajstić information content (AvgIpc) is 2.34. The summed E-state index contributed by atoms with van der Waals surface area (Å²) in [5, 5.41) is 0.970. The fourth-order valence-corrected chi connectivity index (χ4v) is 2.61. The maximum absolute atomic E-state index is 12.5. The van der Waals surface area contributed by atoms with Crippen LogP contribution in [0, 0.1) is 0 Å². The lowest BCUT2D eigenvalue weighted by Crippen LogP contribution is -2.04. The lowest BCUT2D eigenvalue weighted by atomic mass is 10.1. The third-order valence-electron chi connectivity index (χ3n) is 2.46. The quantitative estimate of drug-likeness (QED) is 0.825. The molecule has 0 aliphatic carbocycles. The van der Waals surface area contributed by atoms with Crippen LogP contribution in [0.2, 0.25) is 0 Å². The van der Waals surface area contributed by atoms with E-state index in [2.05, 4.69) is 0 Å². The molecule has 2 nitrogen and oxygen atoms in total. The van der Waals surface area contributed by atoms with E-state index in [-0.39, 0.29) is 11.3 Å². The Hall–Kier alpha value is -1.30. The number of rotatable bonds is 5. The average molecular weight is 292 g/mol. The van der Waals surface area contributed by atoms with Crippen molar-refractivity contribution >= 4 is 15.9 Å². The van der Waals surface area contributed by atoms with Crippen LogP contribution in [-0.2, 0) is 16.0 Å². The van der Waals surface area contributed by atoms with E-state index in [0.29, 0.717) is 6.42 Å². The Labute approximate surface area is 110 Å². The molecule has 0 radical (unpaired) electrons. The summed E-state index contributed by atoms with van der Waals surface area (Å²) in [5.74, 6) is 0.0129. The summed E-state index contributed by atoms with van der Waals surface area (Å²) in [7, 11) is -3.35. The van der Waals surface area contributed by atoms with Gasteiger partial charge in [-0.05, 0) is 30.2 Å². The molecule has 1 rings (SSSR count). The number of benzene rings is 1. The Balaban J connectivity index is 2.89. The zero-order valence-electron chi connectivity index (χ0n) is 10.4. The van der Waals surface area contributed by atoms with E-state index >= 15 is 0 Å². The molecule has 0 atom stereocenters. The third kappa shape index (κ3) is 5.46. The first-order valence-corrected chi connectivity index (χ1v) is 7.54. The number of hydrogen-bond donors (Lipinski definition) is 0. The molecule has 0 aliphatic rings. The van der Waals surface area contributed by atoms with E-state index in [9.17, 15) is 21.6 Å². The second kappa shape index (κ2) is 6.23. The molecule has 0 fully saturated rings. The van der Waals surface area contributed by atoms with Crippen LogP contribution < -0.4 is 0 Å². The highest BCUT2D eigenvalue weighted by Crippen LogP contribution is 2.29. The van der Waals surface area contributed by atoms with Crippen molar-refractivity contribution in [1.82, 2.24) is 0 Å². The summed E-state index contributed by atoms with van der Waals surface area (Å²) in [4.78, 5) is 0. The number of hydrogen-bond acceptors (Lipinski definition) is 2. The second-order valence-corrected chi connectivity index (χ2v) is 6.15. The molecule has 0 unspecified atom stereocenters. The van der Waals surface area contributed by atoms with Crippen molar-refractivity contribution in [3.05, 3.63) is 40.8 Å². The van der Waals surface area contributed by atoms with Gasteiger partial charge < -0.3 is 0 Å². The molecular formula is C13H15F3O2S. The lowest BCUT2D eigenvalue weighted by Gasteiger charge is -2.06. The summed E-state index contributed by atoms with van der Waals surface area (Å²) >= 11 is 0. The predicted octanol–water partition coefficient (Wildman–Crippen LogP) is 3.89. The van der Waals surface area contributed by atoms with Crippen LogP contribution in [0.3, 0.4) is 0 Å². The van der Waals surface area contributed by atoms with Crippen molar-refractivity contribution < 1.29 is 21.6 Å². The maximum Gasteiger partial charge on any atom is 0.416 e. The van der Waals surface area contributed by atoms with Crippen LogP contribution in [0.4, 0.5) is 13.2 Å². The van der Waals surface area contributed by atoms with Gasteiger partial charge in [-0.1, -0.05) is 25.5 Å². The number of sulfone groups is 1. The van der Waals surface area contributed by atoms with Gasteiger partial charge in [0.1, 0.15) is 0 Å². The SMILES string of the molecule is CCCCS(=O)(=O)C=Cc1cccc(C(F)(F)F)c1. The Morgan fingerprint density at radius 2 is 1.95 bits per heavy atom. The molecule has 6 heteroatoms.